The van der Waals surface area contributed by atoms with E-state index in [1.54, 1.807) is 0 Å². The van der Waals surface area contributed by atoms with Crippen LogP contribution in [0.25, 0.3) is 21.8 Å². The largest absolute Gasteiger partial charge is 0.306 e. The molecule has 0 spiro atoms. The number of fused-ring (bicyclic) bond motifs is 3. The van der Waals surface area contributed by atoms with E-state index < -0.39 is 0 Å². The summed E-state index contributed by atoms with van der Waals surface area (Å²) in [6.07, 6.45) is 2.58. The molecule has 1 aromatic carbocycles. The van der Waals surface area contributed by atoms with E-state index in [4.69, 9.17) is 0 Å². The van der Waals surface area contributed by atoms with Crippen molar-refractivity contribution in [1.29, 1.82) is 0 Å². The first-order valence-electron chi connectivity index (χ1n) is 7.94. The minimum absolute atomic E-state index is 0.0366. The summed E-state index contributed by atoms with van der Waals surface area (Å²) >= 11 is 0. The van der Waals surface area contributed by atoms with Crippen LogP contribution >= 0.6 is 0 Å². The zero-order valence-corrected chi connectivity index (χ0v) is 12.8. The van der Waals surface area contributed by atoms with Crippen LogP contribution in [0, 0.1) is 6.92 Å². The fraction of sp³-hybridized carbons (Fsp3) is 0.412. The number of rotatable bonds is 3. The average Bonchev–Trinajstić information content (AvgIpc) is 3.14. The summed E-state index contributed by atoms with van der Waals surface area (Å²) < 4.78 is 1.96. The van der Waals surface area contributed by atoms with Crippen molar-refractivity contribution >= 4 is 21.8 Å². The van der Waals surface area contributed by atoms with Crippen LogP contribution < -0.4 is 5.56 Å². The first-order valence-corrected chi connectivity index (χ1v) is 7.94. The summed E-state index contributed by atoms with van der Waals surface area (Å²) in [5.74, 6) is 0. The average molecular weight is 296 g/mol. The Morgan fingerprint density at radius 1 is 1.14 bits per heavy atom. The fourth-order valence-corrected chi connectivity index (χ4v) is 3.51. The molecule has 1 N–H and O–H groups in total. The Morgan fingerprint density at radius 3 is 2.64 bits per heavy atom. The van der Waals surface area contributed by atoms with Crippen LogP contribution in [0.3, 0.4) is 0 Å². The number of aromatic nitrogens is 3. The van der Waals surface area contributed by atoms with E-state index in [-0.39, 0.29) is 5.56 Å². The summed E-state index contributed by atoms with van der Waals surface area (Å²) in [4.78, 5) is 17.8. The summed E-state index contributed by atoms with van der Waals surface area (Å²) in [7, 11) is 0. The maximum absolute atomic E-state index is 12.3. The first kappa shape index (κ1) is 13.5. The van der Waals surface area contributed by atoms with Gasteiger partial charge in [0.1, 0.15) is 5.65 Å². The van der Waals surface area contributed by atoms with Gasteiger partial charge in [0, 0.05) is 17.3 Å². The van der Waals surface area contributed by atoms with Gasteiger partial charge in [0.25, 0.3) is 5.56 Å². The standard InChI is InChI=1S/C17H20N4O/c1-12-15-13-6-2-3-7-14(13)17(22)18-16(15)21(19-12)11-10-20-8-4-5-9-20/h2-3,6-7H,4-5,8-11H2,1H3,(H,18,22). The van der Waals surface area contributed by atoms with Crippen LogP contribution in [0.1, 0.15) is 18.5 Å². The van der Waals surface area contributed by atoms with E-state index in [9.17, 15) is 4.79 Å². The molecule has 114 valence electrons. The first-order chi connectivity index (χ1) is 10.7. The summed E-state index contributed by atoms with van der Waals surface area (Å²) in [6, 6.07) is 7.75. The SMILES string of the molecule is Cc1nn(CCN2CCCC2)c2[nH]c(=O)c3ccccc3c12. The smallest absolute Gasteiger partial charge is 0.257 e. The van der Waals surface area contributed by atoms with Gasteiger partial charge in [-0.15, -0.1) is 0 Å². The Morgan fingerprint density at radius 2 is 1.86 bits per heavy atom. The Bertz CT molecular complexity index is 887. The van der Waals surface area contributed by atoms with Crippen molar-refractivity contribution in [2.75, 3.05) is 19.6 Å². The van der Waals surface area contributed by atoms with Gasteiger partial charge >= 0.3 is 0 Å². The zero-order valence-electron chi connectivity index (χ0n) is 12.8. The predicted molar refractivity (Wildman–Crippen MR) is 88.3 cm³/mol. The monoisotopic (exact) mass is 296 g/mol. The maximum atomic E-state index is 12.3. The second-order valence-electron chi connectivity index (χ2n) is 6.08. The lowest BCUT2D eigenvalue weighted by Gasteiger charge is -2.14. The number of pyridine rings is 1. The second-order valence-corrected chi connectivity index (χ2v) is 6.08. The predicted octanol–water partition coefficient (Wildman–Crippen LogP) is 2.28. The van der Waals surface area contributed by atoms with E-state index >= 15 is 0 Å². The number of benzene rings is 1. The topological polar surface area (TPSA) is 53.9 Å². The van der Waals surface area contributed by atoms with Crippen molar-refractivity contribution in [3.63, 3.8) is 0 Å². The lowest BCUT2D eigenvalue weighted by atomic mass is 10.1. The summed E-state index contributed by atoms with van der Waals surface area (Å²) in [5.41, 5.74) is 1.79. The normalized spacial score (nSPS) is 16.0. The van der Waals surface area contributed by atoms with Gasteiger partial charge in [0.05, 0.1) is 12.2 Å². The Balaban J connectivity index is 1.81. The summed E-state index contributed by atoms with van der Waals surface area (Å²) in [5, 5.41) is 7.45. The molecule has 2 aromatic heterocycles. The van der Waals surface area contributed by atoms with Gasteiger partial charge in [-0.1, -0.05) is 18.2 Å². The molecule has 0 bridgehead atoms. The van der Waals surface area contributed by atoms with Gasteiger partial charge in [0.15, 0.2) is 0 Å². The third-order valence-corrected chi connectivity index (χ3v) is 4.63. The molecule has 3 aromatic rings. The minimum Gasteiger partial charge on any atom is -0.306 e. The van der Waals surface area contributed by atoms with Crippen molar-refractivity contribution < 1.29 is 0 Å². The highest BCUT2D eigenvalue weighted by Gasteiger charge is 2.15. The molecular formula is C17H20N4O. The molecule has 1 aliphatic heterocycles. The third kappa shape index (κ3) is 2.13. The molecule has 3 heterocycles. The molecular weight excluding hydrogens is 276 g/mol. The van der Waals surface area contributed by atoms with E-state index in [0.29, 0.717) is 0 Å². The van der Waals surface area contributed by atoms with E-state index in [1.165, 1.54) is 25.9 Å². The Labute approximate surface area is 128 Å². The number of hydrogen-bond acceptors (Lipinski definition) is 3. The lowest BCUT2D eigenvalue weighted by molar-refractivity contribution is 0.317. The van der Waals surface area contributed by atoms with Crippen LogP contribution in [0.2, 0.25) is 0 Å². The van der Waals surface area contributed by atoms with Gasteiger partial charge in [-0.3, -0.25) is 4.79 Å². The highest BCUT2D eigenvalue weighted by atomic mass is 16.1. The molecule has 0 unspecified atom stereocenters. The van der Waals surface area contributed by atoms with Gasteiger partial charge in [-0.25, -0.2) is 4.68 Å². The van der Waals surface area contributed by atoms with Crippen LogP contribution in [0.15, 0.2) is 29.1 Å². The van der Waals surface area contributed by atoms with Gasteiger partial charge < -0.3 is 9.88 Å². The van der Waals surface area contributed by atoms with Gasteiger partial charge in [-0.2, -0.15) is 5.10 Å². The van der Waals surface area contributed by atoms with Crippen molar-refractivity contribution in [3.8, 4) is 0 Å². The number of likely N-dealkylation sites (tertiary alicyclic amines) is 1. The molecule has 1 saturated heterocycles. The minimum atomic E-state index is -0.0366. The number of aromatic amines is 1. The van der Waals surface area contributed by atoms with Crippen molar-refractivity contribution in [2.45, 2.75) is 26.3 Å². The molecule has 22 heavy (non-hydrogen) atoms. The van der Waals surface area contributed by atoms with E-state index in [0.717, 1.165) is 40.6 Å². The molecule has 1 fully saturated rings. The van der Waals surface area contributed by atoms with Crippen molar-refractivity contribution in [2.24, 2.45) is 0 Å². The fourth-order valence-electron chi connectivity index (χ4n) is 3.51. The number of aryl methyl sites for hydroxylation is 1. The third-order valence-electron chi connectivity index (χ3n) is 4.63. The second kappa shape index (κ2) is 5.25. The number of nitrogens with one attached hydrogen (secondary N) is 1. The number of hydrogen-bond donors (Lipinski definition) is 1. The highest BCUT2D eigenvalue weighted by Crippen LogP contribution is 2.24. The summed E-state index contributed by atoms with van der Waals surface area (Å²) in [6.45, 7) is 6.18. The Kier molecular flexibility index (Phi) is 3.22. The molecule has 5 heteroatoms. The molecule has 0 saturated carbocycles. The van der Waals surface area contributed by atoms with Crippen LogP contribution in [-0.2, 0) is 6.54 Å². The maximum Gasteiger partial charge on any atom is 0.257 e. The number of H-pyrrole nitrogens is 1. The highest BCUT2D eigenvalue weighted by molar-refractivity contribution is 6.05. The zero-order chi connectivity index (χ0) is 15.1. The lowest BCUT2D eigenvalue weighted by Crippen LogP contribution is -2.24. The molecule has 4 rings (SSSR count). The van der Waals surface area contributed by atoms with Crippen molar-refractivity contribution in [3.05, 3.63) is 40.3 Å². The molecule has 0 aliphatic carbocycles. The molecule has 0 amide bonds. The van der Waals surface area contributed by atoms with Crippen LogP contribution in [0.4, 0.5) is 0 Å². The molecule has 1 aliphatic rings. The van der Waals surface area contributed by atoms with Gasteiger partial charge in [-0.05, 0) is 44.3 Å². The molecule has 0 atom stereocenters. The van der Waals surface area contributed by atoms with Crippen molar-refractivity contribution in [1.82, 2.24) is 19.7 Å². The van der Waals surface area contributed by atoms with Crippen LogP contribution in [-0.4, -0.2) is 39.3 Å². The quantitative estimate of drug-likeness (QED) is 0.807. The van der Waals surface area contributed by atoms with Crippen LogP contribution in [0.5, 0.6) is 0 Å². The molecule has 5 nitrogen and oxygen atoms in total. The van der Waals surface area contributed by atoms with E-state index in [1.807, 2.05) is 35.9 Å². The van der Waals surface area contributed by atoms with E-state index in [2.05, 4.69) is 15.0 Å². The number of nitrogens with zero attached hydrogens (tertiary/aromatic N) is 3. The van der Waals surface area contributed by atoms with Gasteiger partial charge in [0.2, 0.25) is 0 Å². The molecule has 0 radical (unpaired) electrons. The Hall–Kier alpha value is -2.14.